The summed E-state index contributed by atoms with van der Waals surface area (Å²) in [7, 11) is 1.67. The van der Waals surface area contributed by atoms with Gasteiger partial charge in [0.2, 0.25) is 0 Å². The summed E-state index contributed by atoms with van der Waals surface area (Å²) in [6.45, 7) is 10.6. The lowest BCUT2D eigenvalue weighted by Crippen LogP contribution is -2.29. The molecule has 1 unspecified atom stereocenters. The van der Waals surface area contributed by atoms with E-state index in [-0.39, 0.29) is 12.1 Å². The van der Waals surface area contributed by atoms with Crippen LogP contribution < -0.4 is 10.1 Å². The van der Waals surface area contributed by atoms with Gasteiger partial charge in [0.1, 0.15) is 0 Å². The van der Waals surface area contributed by atoms with Crippen molar-refractivity contribution in [2.75, 3.05) is 20.3 Å². The topological polar surface area (TPSA) is 48.3 Å². The van der Waals surface area contributed by atoms with Gasteiger partial charge in [-0.1, -0.05) is 6.92 Å². The van der Waals surface area contributed by atoms with E-state index in [1.54, 1.807) is 13.3 Å². The number of ether oxygens (including phenoxy) is 2. The molecule has 0 aliphatic carbocycles. The number of hydrogen-bond donors (Lipinski definition) is 1. The molecule has 104 valence electrons. The smallest absolute Gasteiger partial charge is 0.161 e. The predicted molar refractivity (Wildman–Crippen MR) is 72.0 cm³/mol. The van der Waals surface area contributed by atoms with Gasteiger partial charge in [-0.25, -0.2) is 0 Å². The Labute approximate surface area is 109 Å². The van der Waals surface area contributed by atoms with Crippen LogP contribution in [0.5, 0.6) is 5.75 Å². The fourth-order valence-electron chi connectivity index (χ4n) is 1.91. The molecule has 0 saturated heterocycles. The Kier molecular flexibility index (Phi) is 6.15. The molecular weight excluding hydrogens is 230 g/mol. The van der Waals surface area contributed by atoms with E-state index in [2.05, 4.69) is 24.3 Å². The summed E-state index contributed by atoms with van der Waals surface area (Å²) >= 11 is 0. The van der Waals surface area contributed by atoms with E-state index in [1.165, 1.54) is 0 Å². The van der Waals surface area contributed by atoms with E-state index >= 15 is 0 Å². The van der Waals surface area contributed by atoms with Crippen molar-refractivity contribution < 1.29 is 9.47 Å². The second-order valence-electron chi connectivity index (χ2n) is 4.41. The van der Waals surface area contributed by atoms with Gasteiger partial charge in [0.25, 0.3) is 0 Å². The third-order valence-corrected chi connectivity index (χ3v) is 2.74. The molecule has 0 aliphatic heterocycles. The SMILES string of the molecule is CCNC(COC(C)C)c1c(OC)cnn1CC. The highest BCUT2D eigenvalue weighted by molar-refractivity contribution is 5.28. The number of likely N-dealkylation sites (N-methyl/N-ethyl adjacent to an activating group) is 1. The Balaban J connectivity index is 2.91. The zero-order valence-electron chi connectivity index (χ0n) is 12.1. The van der Waals surface area contributed by atoms with Crippen molar-refractivity contribution in [1.29, 1.82) is 0 Å². The Morgan fingerprint density at radius 2 is 2.11 bits per heavy atom. The quantitative estimate of drug-likeness (QED) is 0.771. The lowest BCUT2D eigenvalue weighted by Gasteiger charge is -2.21. The first-order chi connectivity index (χ1) is 8.63. The number of methoxy groups -OCH3 is 1. The minimum Gasteiger partial charge on any atom is -0.493 e. The second-order valence-corrected chi connectivity index (χ2v) is 4.41. The number of aryl methyl sites for hydroxylation is 1. The maximum Gasteiger partial charge on any atom is 0.161 e. The first-order valence-electron chi connectivity index (χ1n) is 6.58. The third-order valence-electron chi connectivity index (χ3n) is 2.74. The first kappa shape index (κ1) is 15.0. The molecule has 18 heavy (non-hydrogen) atoms. The summed E-state index contributed by atoms with van der Waals surface area (Å²) in [5.41, 5.74) is 1.06. The van der Waals surface area contributed by atoms with Crippen molar-refractivity contribution in [3.63, 3.8) is 0 Å². The van der Waals surface area contributed by atoms with Crippen molar-refractivity contribution >= 4 is 0 Å². The van der Waals surface area contributed by atoms with Crippen LogP contribution in [0.25, 0.3) is 0 Å². The molecular formula is C13H25N3O2. The maximum absolute atomic E-state index is 5.72. The standard InChI is InChI=1S/C13H25N3O2/c1-6-14-11(9-18-10(3)4)13-12(17-5)8-15-16(13)7-2/h8,10-11,14H,6-7,9H2,1-5H3. The Morgan fingerprint density at radius 3 is 2.61 bits per heavy atom. The van der Waals surface area contributed by atoms with E-state index in [0.717, 1.165) is 24.5 Å². The molecule has 0 radical (unpaired) electrons. The zero-order valence-corrected chi connectivity index (χ0v) is 12.1. The predicted octanol–water partition coefficient (Wildman–Crippen LogP) is 1.99. The summed E-state index contributed by atoms with van der Waals surface area (Å²) in [6.07, 6.45) is 1.98. The number of nitrogens with one attached hydrogen (secondary N) is 1. The van der Waals surface area contributed by atoms with Crippen LogP contribution >= 0.6 is 0 Å². The van der Waals surface area contributed by atoms with Crippen molar-refractivity contribution in [2.24, 2.45) is 0 Å². The van der Waals surface area contributed by atoms with E-state index in [1.807, 2.05) is 18.5 Å². The minimum atomic E-state index is 0.106. The van der Waals surface area contributed by atoms with Crippen LogP contribution in [0, 0.1) is 0 Å². The van der Waals surface area contributed by atoms with Crippen LogP contribution in [0.4, 0.5) is 0 Å². The molecule has 0 aromatic carbocycles. The molecule has 1 aromatic rings. The minimum absolute atomic E-state index is 0.106. The fraction of sp³-hybridized carbons (Fsp3) is 0.769. The average Bonchev–Trinajstić information content (AvgIpc) is 2.76. The monoisotopic (exact) mass is 255 g/mol. The summed E-state index contributed by atoms with van der Waals surface area (Å²) in [4.78, 5) is 0. The van der Waals surface area contributed by atoms with Gasteiger partial charge in [-0.2, -0.15) is 5.10 Å². The number of rotatable bonds is 8. The van der Waals surface area contributed by atoms with Crippen LogP contribution in [0.1, 0.15) is 39.4 Å². The summed E-state index contributed by atoms with van der Waals surface area (Å²) in [6, 6.07) is 0.106. The maximum atomic E-state index is 5.72. The fourth-order valence-corrected chi connectivity index (χ4v) is 1.91. The van der Waals surface area contributed by atoms with Gasteiger partial charge >= 0.3 is 0 Å². The summed E-state index contributed by atoms with van der Waals surface area (Å²) in [5.74, 6) is 0.815. The van der Waals surface area contributed by atoms with Gasteiger partial charge in [0, 0.05) is 6.54 Å². The molecule has 0 bridgehead atoms. The average molecular weight is 255 g/mol. The molecule has 0 fully saturated rings. The van der Waals surface area contributed by atoms with Crippen molar-refractivity contribution in [3.05, 3.63) is 11.9 Å². The number of hydrogen-bond acceptors (Lipinski definition) is 4. The summed E-state index contributed by atoms with van der Waals surface area (Å²) in [5, 5.41) is 7.76. The molecule has 1 heterocycles. The van der Waals surface area contributed by atoms with Crippen LogP contribution in [-0.4, -0.2) is 36.1 Å². The van der Waals surface area contributed by atoms with Gasteiger partial charge in [-0.05, 0) is 27.3 Å². The van der Waals surface area contributed by atoms with E-state index in [4.69, 9.17) is 9.47 Å². The molecule has 1 atom stereocenters. The van der Waals surface area contributed by atoms with E-state index < -0.39 is 0 Å². The Bertz CT molecular complexity index is 329. The molecule has 5 heteroatoms. The van der Waals surface area contributed by atoms with Gasteiger partial charge in [-0.15, -0.1) is 0 Å². The van der Waals surface area contributed by atoms with Crippen LogP contribution in [0.15, 0.2) is 6.20 Å². The van der Waals surface area contributed by atoms with E-state index in [9.17, 15) is 0 Å². The van der Waals surface area contributed by atoms with Gasteiger partial charge < -0.3 is 14.8 Å². The van der Waals surface area contributed by atoms with Crippen LogP contribution in [0.3, 0.4) is 0 Å². The molecule has 0 saturated carbocycles. The second kappa shape index (κ2) is 7.38. The number of nitrogens with zero attached hydrogens (tertiary/aromatic N) is 2. The highest BCUT2D eigenvalue weighted by atomic mass is 16.5. The Morgan fingerprint density at radius 1 is 1.39 bits per heavy atom. The van der Waals surface area contributed by atoms with E-state index in [0.29, 0.717) is 6.61 Å². The first-order valence-corrected chi connectivity index (χ1v) is 6.58. The van der Waals surface area contributed by atoms with Gasteiger partial charge in [0.15, 0.2) is 5.75 Å². The highest BCUT2D eigenvalue weighted by Crippen LogP contribution is 2.25. The molecule has 1 N–H and O–H groups in total. The molecule has 0 aliphatic rings. The molecule has 5 nitrogen and oxygen atoms in total. The lowest BCUT2D eigenvalue weighted by molar-refractivity contribution is 0.0592. The number of aromatic nitrogens is 2. The van der Waals surface area contributed by atoms with Crippen molar-refractivity contribution in [2.45, 2.75) is 46.4 Å². The zero-order chi connectivity index (χ0) is 13.5. The molecule has 0 spiro atoms. The highest BCUT2D eigenvalue weighted by Gasteiger charge is 2.21. The van der Waals surface area contributed by atoms with Gasteiger partial charge in [-0.3, -0.25) is 4.68 Å². The third kappa shape index (κ3) is 3.71. The molecule has 1 aromatic heterocycles. The normalized spacial score (nSPS) is 13.0. The van der Waals surface area contributed by atoms with Crippen LogP contribution in [0.2, 0.25) is 0 Å². The van der Waals surface area contributed by atoms with Crippen LogP contribution in [-0.2, 0) is 11.3 Å². The van der Waals surface area contributed by atoms with Crippen molar-refractivity contribution in [1.82, 2.24) is 15.1 Å². The largest absolute Gasteiger partial charge is 0.493 e. The molecule has 0 amide bonds. The summed E-state index contributed by atoms with van der Waals surface area (Å²) < 4.78 is 13.1. The Hall–Kier alpha value is -1.07. The van der Waals surface area contributed by atoms with Crippen molar-refractivity contribution in [3.8, 4) is 5.75 Å². The van der Waals surface area contributed by atoms with Gasteiger partial charge in [0.05, 0.1) is 37.8 Å². The lowest BCUT2D eigenvalue weighted by atomic mass is 10.2. The molecule has 1 rings (SSSR count).